The van der Waals surface area contributed by atoms with Gasteiger partial charge < -0.3 is 16.0 Å². The normalized spacial score (nSPS) is 20.7. The molecular weight excluding hydrogens is 252 g/mol. The lowest BCUT2D eigenvalue weighted by atomic mass is 10.1. The lowest BCUT2D eigenvalue weighted by Crippen LogP contribution is -2.46. The van der Waals surface area contributed by atoms with Crippen molar-refractivity contribution in [1.82, 2.24) is 15.2 Å². The van der Waals surface area contributed by atoms with Crippen LogP contribution in [-0.2, 0) is 0 Å². The van der Waals surface area contributed by atoms with Crippen LogP contribution in [0.3, 0.4) is 0 Å². The molecule has 1 fully saturated rings. The number of nitrogen functional groups attached to an aromatic ring is 1. The third kappa shape index (κ3) is 3.11. The highest BCUT2D eigenvalue weighted by Gasteiger charge is 2.21. The summed E-state index contributed by atoms with van der Waals surface area (Å²) in [6, 6.07) is 3.31. The van der Waals surface area contributed by atoms with Crippen LogP contribution in [0.25, 0.3) is 0 Å². The first-order valence-corrected chi connectivity index (χ1v) is 6.35. The van der Waals surface area contributed by atoms with Gasteiger partial charge in [0.1, 0.15) is 11.5 Å². The summed E-state index contributed by atoms with van der Waals surface area (Å²) >= 11 is 5.95. The van der Waals surface area contributed by atoms with Gasteiger partial charge in [-0.25, -0.2) is 4.98 Å². The quantitative estimate of drug-likeness (QED) is 0.844. The van der Waals surface area contributed by atoms with Crippen molar-refractivity contribution in [2.75, 3.05) is 25.9 Å². The van der Waals surface area contributed by atoms with E-state index in [0.717, 1.165) is 25.9 Å². The topological polar surface area (TPSA) is 71.2 Å². The summed E-state index contributed by atoms with van der Waals surface area (Å²) < 4.78 is 0. The average Bonchev–Trinajstić information content (AvgIpc) is 2.32. The molecule has 1 unspecified atom stereocenters. The Labute approximate surface area is 111 Å². The summed E-state index contributed by atoms with van der Waals surface area (Å²) in [5.74, 6) is 0.0397. The molecule has 1 aliphatic rings. The number of hydrogen-bond donors (Lipinski definition) is 2. The van der Waals surface area contributed by atoms with Crippen LogP contribution in [0.2, 0.25) is 5.02 Å². The van der Waals surface area contributed by atoms with Gasteiger partial charge in [0.15, 0.2) is 0 Å². The molecule has 0 bridgehead atoms. The maximum absolute atomic E-state index is 12.1. The van der Waals surface area contributed by atoms with Crippen molar-refractivity contribution in [3.05, 3.63) is 22.8 Å². The molecule has 2 rings (SSSR count). The second kappa shape index (κ2) is 5.54. The van der Waals surface area contributed by atoms with Crippen LogP contribution in [0.15, 0.2) is 12.1 Å². The number of anilines is 1. The summed E-state index contributed by atoms with van der Waals surface area (Å²) in [7, 11) is 2.05. The molecule has 1 saturated heterocycles. The van der Waals surface area contributed by atoms with E-state index in [2.05, 4.69) is 15.2 Å². The lowest BCUT2D eigenvalue weighted by molar-refractivity contribution is 0.0908. The van der Waals surface area contributed by atoms with E-state index in [9.17, 15) is 4.79 Å². The number of aromatic nitrogens is 1. The SMILES string of the molecule is CN1CCCC(NC(=O)c2nc(N)ccc2Cl)C1. The van der Waals surface area contributed by atoms with Gasteiger partial charge in [-0.1, -0.05) is 11.6 Å². The fourth-order valence-electron chi connectivity index (χ4n) is 2.15. The third-order valence-electron chi connectivity index (χ3n) is 3.04. The van der Waals surface area contributed by atoms with Crippen LogP contribution < -0.4 is 11.1 Å². The molecule has 0 aromatic carbocycles. The molecule has 6 heteroatoms. The Morgan fingerprint density at radius 1 is 1.61 bits per heavy atom. The van der Waals surface area contributed by atoms with Crippen molar-refractivity contribution in [3.8, 4) is 0 Å². The average molecular weight is 269 g/mol. The van der Waals surface area contributed by atoms with Gasteiger partial charge in [0, 0.05) is 12.6 Å². The molecule has 1 amide bonds. The third-order valence-corrected chi connectivity index (χ3v) is 3.35. The van der Waals surface area contributed by atoms with E-state index in [1.165, 1.54) is 0 Å². The first-order valence-electron chi connectivity index (χ1n) is 5.97. The van der Waals surface area contributed by atoms with Gasteiger partial charge in [0.25, 0.3) is 5.91 Å². The van der Waals surface area contributed by atoms with Gasteiger partial charge in [0.2, 0.25) is 0 Å². The molecule has 2 heterocycles. The number of amides is 1. The van der Waals surface area contributed by atoms with E-state index in [1.54, 1.807) is 12.1 Å². The number of likely N-dealkylation sites (N-methyl/N-ethyl adjacent to an activating group) is 1. The van der Waals surface area contributed by atoms with Crippen molar-refractivity contribution in [2.45, 2.75) is 18.9 Å². The van der Waals surface area contributed by atoms with E-state index in [4.69, 9.17) is 17.3 Å². The molecule has 5 nitrogen and oxygen atoms in total. The van der Waals surface area contributed by atoms with Crippen molar-refractivity contribution >= 4 is 23.3 Å². The molecule has 0 spiro atoms. The van der Waals surface area contributed by atoms with Crippen LogP contribution in [0.4, 0.5) is 5.82 Å². The predicted molar refractivity (Wildman–Crippen MR) is 71.6 cm³/mol. The number of rotatable bonds is 2. The molecule has 0 aliphatic carbocycles. The number of hydrogen-bond acceptors (Lipinski definition) is 4. The van der Waals surface area contributed by atoms with Gasteiger partial charge in [-0.2, -0.15) is 0 Å². The minimum Gasteiger partial charge on any atom is -0.384 e. The number of nitrogens with two attached hydrogens (primary N) is 1. The Balaban J connectivity index is 2.05. The second-order valence-electron chi connectivity index (χ2n) is 4.64. The fraction of sp³-hybridized carbons (Fsp3) is 0.500. The number of nitrogens with zero attached hydrogens (tertiary/aromatic N) is 2. The molecule has 0 radical (unpaired) electrons. The van der Waals surface area contributed by atoms with E-state index < -0.39 is 0 Å². The van der Waals surface area contributed by atoms with Gasteiger partial charge in [0.05, 0.1) is 5.02 Å². The zero-order valence-electron chi connectivity index (χ0n) is 10.3. The summed E-state index contributed by atoms with van der Waals surface area (Å²) in [4.78, 5) is 18.2. The van der Waals surface area contributed by atoms with Crippen LogP contribution >= 0.6 is 11.6 Å². The van der Waals surface area contributed by atoms with E-state index in [1.807, 2.05) is 7.05 Å². The van der Waals surface area contributed by atoms with Gasteiger partial charge in [-0.3, -0.25) is 4.79 Å². The standard InChI is InChI=1S/C12H17ClN4O/c1-17-6-2-3-8(7-17)15-12(18)11-9(13)4-5-10(14)16-11/h4-5,8H,2-3,6-7H2,1H3,(H2,14,16)(H,15,18). The minimum absolute atomic E-state index is 0.149. The molecule has 3 N–H and O–H groups in total. The van der Waals surface area contributed by atoms with Crippen molar-refractivity contribution < 1.29 is 4.79 Å². The highest BCUT2D eigenvalue weighted by molar-refractivity contribution is 6.33. The Bertz CT molecular complexity index is 452. The van der Waals surface area contributed by atoms with Gasteiger partial charge in [-0.05, 0) is 38.6 Å². The Morgan fingerprint density at radius 3 is 3.11 bits per heavy atom. The number of carbonyl (C=O) groups is 1. The highest BCUT2D eigenvalue weighted by atomic mass is 35.5. The smallest absolute Gasteiger partial charge is 0.271 e. The molecule has 98 valence electrons. The van der Waals surface area contributed by atoms with E-state index in [0.29, 0.717) is 10.8 Å². The van der Waals surface area contributed by atoms with E-state index in [-0.39, 0.29) is 17.6 Å². The monoisotopic (exact) mass is 268 g/mol. The Morgan fingerprint density at radius 2 is 2.39 bits per heavy atom. The molecule has 1 aromatic heterocycles. The summed E-state index contributed by atoms with van der Waals surface area (Å²) in [5, 5.41) is 3.28. The molecule has 1 aromatic rings. The van der Waals surface area contributed by atoms with Gasteiger partial charge >= 0.3 is 0 Å². The van der Waals surface area contributed by atoms with Crippen molar-refractivity contribution in [1.29, 1.82) is 0 Å². The fourth-order valence-corrected chi connectivity index (χ4v) is 2.35. The molecule has 1 aliphatic heterocycles. The van der Waals surface area contributed by atoms with Crippen molar-refractivity contribution in [3.63, 3.8) is 0 Å². The first kappa shape index (κ1) is 13.1. The molecular formula is C12H17ClN4O. The molecule has 18 heavy (non-hydrogen) atoms. The van der Waals surface area contributed by atoms with E-state index >= 15 is 0 Å². The Kier molecular flexibility index (Phi) is 4.04. The summed E-state index contributed by atoms with van der Waals surface area (Å²) in [5.41, 5.74) is 5.76. The van der Waals surface area contributed by atoms with Crippen LogP contribution in [0, 0.1) is 0 Å². The number of pyridine rings is 1. The number of carbonyl (C=O) groups excluding carboxylic acids is 1. The van der Waals surface area contributed by atoms with Crippen LogP contribution in [0.1, 0.15) is 23.3 Å². The molecule has 1 atom stereocenters. The first-order chi connectivity index (χ1) is 8.56. The highest BCUT2D eigenvalue weighted by Crippen LogP contribution is 2.16. The number of halogens is 1. The molecule has 0 saturated carbocycles. The zero-order chi connectivity index (χ0) is 13.1. The summed E-state index contributed by atoms with van der Waals surface area (Å²) in [6.45, 7) is 1.93. The predicted octanol–water partition coefficient (Wildman–Crippen LogP) is 1.14. The van der Waals surface area contributed by atoms with Gasteiger partial charge in [-0.15, -0.1) is 0 Å². The zero-order valence-corrected chi connectivity index (χ0v) is 11.1. The van der Waals surface area contributed by atoms with Crippen LogP contribution in [0.5, 0.6) is 0 Å². The maximum atomic E-state index is 12.1. The lowest BCUT2D eigenvalue weighted by Gasteiger charge is -2.30. The Hall–Kier alpha value is -1.33. The summed E-state index contributed by atoms with van der Waals surface area (Å²) in [6.07, 6.45) is 2.07. The number of likely N-dealkylation sites (tertiary alicyclic amines) is 1. The number of nitrogens with one attached hydrogen (secondary N) is 1. The minimum atomic E-state index is -0.257. The van der Waals surface area contributed by atoms with Crippen LogP contribution in [-0.4, -0.2) is 42.0 Å². The second-order valence-corrected chi connectivity index (χ2v) is 5.05. The van der Waals surface area contributed by atoms with Crippen molar-refractivity contribution in [2.24, 2.45) is 0 Å². The number of piperidine rings is 1. The maximum Gasteiger partial charge on any atom is 0.271 e. The largest absolute Gasteiger partial charge is 0.384 e.